The minimum absolute atomic E-state index is 0.150. The second kappa shape index (κ2) is 7.23. The fourth-order valence-corrected chi connectivity index (χ4v) is 5.24. The van der Waals surface area contributed by atoms with Gasteiger partial charge in [0.2, 0.25) is 0 Å². The molecule has 2 unspecified atom stereocenters. The number of nitrogens with zero attached hydrogens (tertiary/aromatic N) is 1. The van der Waals surface area contributed by atoms with Gasteiger partial charge < -0.3 is 10.5 Å². The lowest BCUT2D eigenvalue weighted by atomic mass is 10.1. The predicted octanol–water partition coefficient (Wildman–Crippen LogP) is 2.09. The summed E-state index contributed by atoms with van der Waals surface area (Å²) in [7, 11) is -3.56. The summed E-state index contributed by atoms with van der Waals surface area (Å²) in [6, 6.07) is 4.97. The molecule has 7 heteroatoms. The molecule has 0 aromatic heterocycles. The number of morpholine rings is 1. The van der Waals surface area contributed by atoms with Crippen LogP contribution in [0.1, 0.15) is 18.5 Å². The number of ether oxygens (including phenoxy) is 1. The van der Waals surface area contributed by atoms with Crippen LogP contribution in [-0.2, 0) is 14.6 Å². The SMILES string of the molecule is C=CC(N1CCOCC1)S(=O)(=O)c1ccc(C(C)N)cc1Br. The smallest absolute Gasteiger partial charge is 0.199 e. The van der Waals surface area contributed by atoms with Crippen molar-refractivity contribution in [3.8, 4) is 0 Å². The van der Waals surface area contributed by atoms with E-state index in [1.807, 2.05) is 11.8 Å². The molecule has 5 nitrogen and oxygen atoms in total. The summed E-state index contributed by atoms with van der Waals surface area (Å²) in [5.74, 6) is 0. The van der Waals surface area contributed by atoms with Gasteiger partial charge >= 0.3 is 0 Å². The molecule has 2 rings (SSSR count). The van der Waals surface area contributed by atoms with Crippen LogP contribution in [0, 0.1) is 0 Å². The van der Waals surface area contributed by atoms with Crippen LogP contribution in [0.2, 0.25) is 0 Å². The summed E-state index contributed by atoms with van der Waals surface area (Å²) < 4.78 is 31.7. The van der Waals surface area contributed by atoms with E-state index >= 15 is 0 Å². The fourth-order valence-electron chi connectivity index (χ4n) is 2.47. The molecule has 1 aliphatic heterocycles. The van der Waals surface area contributed by atoms with Crippen molar-refractivity contribution in [3.63, 3.8) is 0 Å². The molecule has 1 aromatic carbocycles. The lowest BCUT2D eigenvalue weighted by Gasteiger charge is -2.32. The van der Waals surface area contributed by atoms with Crippen LogP contribution in [-0.4, -0.2) is 45.0 Å². The van der Waals surface area contributed by atoms with Gasteiger partial charge in [0.25, 0.3) is 0 Å². The Balaban J connectivity index is 2.37. The van der Waals surface area contributed by atoms with Crippen molar-refractivity contribution >= 4 is 25.8 Å². The molecule has 0 saturated carbocycles. The average Bonchev–Trinajstić information content (AvgIpc) is 2.48. The third kappa shape index (κ3) is 3.60. The van der Waals surface area contributed by atoms with E-state index in [4.69, 9.17) is 10.5 Å². The van der Waals surface area contributed by atoms with Gasteiger partial charge in [0.1, 0.15) is 5.37 Å². The molecule has 0 radical (unpaired) electrons. The van der Waals surface area contributed by atoms with E-state index in [1.54, 1.807) is 18.2 Å². The van der Waals surface area contributed by atoms with Gasteiger partial charge in [-0.1, -0.05) is 12.1 Å². The fraction of sp³-hybridized carbons (Fsp3) is 0.467. The van der Waals surface area contributed by atoms with Crippen LogP contribution < -0.4 is 5.73 Å². The molecule has 1 aromatic rings. The van der Waals surface area contributed by atoms with Gasteiger partial charge in [0, 0.05) is 23.6 Å². The minimum atomic E-state index is -3.56. The van der Waals surface area contributed by atoms with Crippen molar-refractivity contribution in [1.29, 1.82) is 0 Å². The maximum absolute atomic E-state index is 12.9. The van der Waals surface area contributed by atoms with Crippen LogP contribution >= 0.6 is 15.9 Å². The van der Waals surface area contributed by atoms with Crippen molar-refractivity contribution in [1.82, 2.24) is 4.90 Å². The Bertz CT molecular complexity index is 640. The van der Waals surface area contributed by atoms with Crippen LogP contribution in [0.3, 0.4) is 0 Å². The first kappa shape index (κ1) is 17.6. The van der Waals surface area contributed by atoms with Gasteiger partial charge in [0.15, 0.2) is 9.84 Å². The van der Waals surface area contributed by atoms with Crippen LogP contribution in [0.4, 0.5) is 0 Å². The van der Waals surface area contributed by atoms with Gasteiger partial charge in [-0.2, -0.15) is 0 Å². The summed E-state index contributed by atoms with van der Waals surface area (Å²) in [5, 5.41) is -0.756. The Labute approximate surface area is 140 Å². The number of hydrogen-bond acceptors (Lipinski definition) is 5. The highest BCUT2D eigenvalue weighted by atomic mass is 79.9. The quantitative estimate of drug-likeness (QED) is 0.781. The number of nitrogens with two attached hydrogens (primary N) is 1. The first-order valence-electron chi connectivity index (χ1n) is 7.11. The maximum atomic E-state index is 12.9. The van der Waals surface area contributed by atoms with Gasteiger partial charge in [-0.25, -0.2) is 8.42 Å². The zero-order chi connectivity index (χ0) is 16.3. The zero-order valence-electron chi connectivity index (χ0n) is 12.5. The van der Waals surface area contributed by atoms with E-state index in [2.05, 4.69) is 22.5 Å². The summed E-state index contributed by atoms with van der Waals surface area (Å²) in [4.78, 5) is 2.13. The first-order valence-corrected chi connectivity index (χ1v) is 9.45. The third-order valence-corrected chi connectivity index (χ3v) is 6.73. The molecule has 2 N–H and O–H groups in total. The Morgan fingerprint density at radius 1 is 1.41 bits per heavy atom. The molecular formula is C15H21BrN2O3S. The van der Waals surface area contributed by atoms with Crippen molar-refractivity contribution in [3.05, 3.63) is 40.9 Å². The standard InChI is InChI=1S/C15H21BrN2O3S/c1-3-15(18-6-8-21-9-7-18)22(19,20)14-5-4-12(11(2)17)10-13(14)16/h3-5,10-11,15H,1,6-9,17H2,2H3. The maximum Gasteiger partial charge on any atom is 0.199 e. The van der Waals surface area contributed by atoms with E-state index < -0.39 is 15.2 Å². The molecule has 1 heterocycles. The third-order valence-electron chi connectivity index (χ3n) is 3.71. The Morgan fingerprint density at radius 2 is 2.05 bits per heavy atom. The van der Waals surface area contributed by atoms with Crippen molar-refractivity contribution < 1.29 is 13.2 Å². The monoisotopic (exact) mass is 388 g/mol. The molecular weight excluding hydrogens is 368 g/mol. The number of hydrogen-bond donors (Lipinski definition) is 1. The summed E-state index contributed by atoms with van der Waals surface area (Å²) in [5.41, 5.74) is 6.72. The molecule has 0 aliphatic carbocycles. The van der Waals surface area contributed by atoms with Gasteiger partial charge in [0.05, 0.1) is 18.1 Å². The normalized spacial score (nSPS) is 19.6. The highest BCUT2D eigenvalue weighted by Crippen LogP contribution is 2.29. The van der Waals surface area contributed by atoms with Gasteiger partial charge in [-0.3, -0.25) is 4.90 Å². The van der Waals surface area contributed by atoms with Gasteiger partial charge in [-0.15, -0.1) is 6.58 Å². The lowest BCUT2D eigenvalue weighted by Crippen LogP contribution is -2.46. The van der Waals surface area contributed by atoms with Gasteiger partial charge in [-0.05, 0) is 40.5 Å². The van der Waals surface area contributed by atoms with Crippen LogP contribution in [0.15, 0.2) is 40.2 Å². The van der Waals surface area contributed by atoms with Crippen LogP contribution in [0.5, 0.6) is 0 Å². The molecule has 122 valence electrons. The van der Waals surface area contributed by atoms with E-state index in [9.17, 15) is 8.42 Å². The van der Waals surface area contributed by atoms with Crippen molar-refractivity contribution in [2.75, 3.05) is 26.3 Å². The van der Waals surface area contributed by atoms with E-state index in [-0.39, 0.29) is 10.9 Å². The highest BCUT2D eigenvalue weighted by Gasteiger charge is 2.32. The number of rotatable bonds is 5. The molecule has 0 amide bonds. The number of benzene rings is 1. The molecule has 2 atom stereocenters. The van der Waals surface area contributed by atoms with Crippen LogP contribution in [0.25, 0.3) is 0 Å². The second-order valence-electron chi connectivity index (χ2n) is 5.30. The topological polar surface area (TPSA) is 72.6 Å². The number of halogens is 1. The largest absolute Gasteiger partial charge is 0.379 e. The Kier molecular flexibility index (Phi) is 5.79. The number of sulfone groups is 1. The summed E-state index contributed by atoms with van der Waals surface area (Å²) in [6.45, 7) is 7.78. The van der Waals surface area contributed by atoms with E-state index in [1.165, 1.54) is 6.08 Å². The summed E-state index contributed by atoms with van der Waals surface area (Å²) in [6.07, 6.45) is 1.48. The molecule has 0 spiro atoms. The molecule has 0 bridgehead atoms. The Hall–Kier alpha value is -0.730. The first-order chi connectivity index (χ1) is 10.4. The molecule has 1 aliphatic rings. The lowest BCUT2D eigenvalue weighted by molar-refractivity contribution is 0.0374. The molecule has 1 saturated heterocycles. The Morgan fingerprint density at radius 3 is 2.55 bits per heavy atom. The van der Waals surface area contributed by atoms with Crippen molar-refractivity contribution in [2.24, 2.45) is 5.73 Å². The van der Waals surface area contributed by atoms with Crippen molar-refractivity contribution in [2.45, 2.75) is 23.2 Å². The predicted molar refractivity (Wildman–Crippen MR) is 90.3 cm³/mol. The molecule has 22 heavy (non-hydrogen) atoms. The van der Waals surface area contributed by atoms with E-state index in [0.29, 0.717) is 30.8 Å². The highest BCUT2D eigenvalue weighted by molar-refractivity contribution is 9.10. The molecule has 1 fully saturated rings. The second-order valence-corrected chi connectivity index (χ2v) is 8.17. The minimum Gasteiger partial charge on any atom is -0.379 e. The average molecular weight is 389 g/mol. The van der Waals surface area contributed by atoms with E-state index in [0.717, 1.165) is 5.56 Å². The zero-order valence-corrected chi connectivity index (χ0v) is 14.9. The summed E-state index contributed by atoms with van der Waals surface area (Å²) >= 11 is 3.36.